The van der Waals surface area contributed by atoms with Crippen LogP contribution >= 0.6 is 0 Å². The number of alkyl halides is 2. The molecule has 0 aliphatic carbocycles. The van der Waals surface area contributed by atoms with Gasteiger partial charge in [0.15, 0.2) is 9.84 Å². The van der Waals surface area contributed by atoms with Crippen LogP contribution in [0.4, 0.5) is 19.0 Å². The average Bonchev–Trinajstić information content (AvgIpc) is 2.96. The van der Waals surface area contributed by atoms with E-state index in [1.165, 1.54) is 12.1 Å². The molecule has 0 bridgehead atoms. The zero-order valence-electron chi connectivity index (χ0n) is 24.0. The minimum absolute atomic E-state index is 0.00544. The van der Waals surface area contributed by atoms with Crippen LogP contribution in [0, 0.1) is 17.7 Å². The lowest BCUT2D eigenvalue weighted by molar-refractivity contribution is -0.0500. The van der Waals surface area contributed by atoms with Crippen LogP contribution in [0.2, 0.25) is 0 Å². The summed E-state index contributed by atoms with van der Waals surface area (Å²) in [5, 5.41) is 13.6. The van der Waals surface area contributed by atoms with Gasteiger partial charge in [0.25, 0.3) is 5.91 Å². The lowest BCUT2D eigenvalue weighted by Gasteiger charge is -2.39. The zero-order valence-corrected chi connectivity index (χ0v) is 24.9. The number of nitrogens with one attached hydrogen (secondary N) is 1. The van der Waals surface area contributed by atoms with Crippen LogP contribution in [0.3, 0.4) is 0 Å². The van der Waals surface area contributed by atoms with Gasteiger partial charge in [-0.15, -0.1) is 0 Å². The molecule has 5 rings (SSSR count). The predicted octanol–water partition coefficient (Wildman–Crippen LogP) is 4.22. The predicted molar refractivity (Wildman–Crippen MR) is 157 cm³/mol. The summed E-state index contributed by atoms with van der Waals surface area (Å²) in [6.45, 7) is 1.66. The highest BCUT2D eigenvalue weighted by atomic mass is 32.2. The number of halogens is 3. The summed E-state index contributed by atoms with van der Waals surface area (Å²) in [5.74, 6) is -1.23. The Morgan fingerprint density at radius 3 is 2.48 bits per heavy atom. The number of aliphatic hydroxyl groups excluding tert-OH is 1. The summed E-state index contributed by atoms with van der Waals surface area (Å²) in [6.07, 6.45) is 2.00. The molecule has 10 nitrogen and oxygen atoms in total. The van der Waals surface area contributed by atoms with E-state index in [9.17, 15) is 31.5 Å². The highest BCUT2D eigenvalue weighted by molar-refractivity contribution is 7.90. The first kappa shape index (κ1) is 31.1. The van der Waals surface area contributed by atoms with Crippen molar-refractivity contribution in [2.45, 2.75) is 38.0 Å². The average molecular weight is 630 g/mol. The smallest absolute Gasteiger partial charge is 0.387 e. The fourth-order valence-electron chi connectivity index (χ4n) is 5.17. The monoisotopic (exact) mass is 629 g/mol. The number of nitrogens with zero attached hydrogens (tertiary/aromatic N) is 4. The minimum atomic E-state index is -3.82. The SMILES string of the molecule is C[C@@H]1CN(c2cc(F)cc(-c3ccc4cnc(CNC(=O)c5cc(OC(F)F)cc(S(C)(=O)=O)c5)cc4n3)n2)C[C@H](C)C1O. The van der Waals surface area contributed by atoms with Crippen molar-refractivity contribution in [1.29, 1.82) is 0 Å². The topological polar surface area (TPSA) is 135 Å². The Morgan fingerprint density at radius 2 is 1.80 bits per heavy atom. The van der Waals surface area contributed by atoms with E-state index >= 15 is 0 Å². The zero-order chi connectivity index (χ0) is 31.8. The molecule has 2 N–H and O–H groups in total. The Balaban J connectivity index is 1.37. The third kappa shape index (κ3) is 7.08. The van der Waals surface area contributed by atoms with E-state index in [1.807, 2.05) is 18.7 Å². The van der Waals surface area contributed by atoms with Gasteiger partial charge in [0, 0.05) is 48.6 Å². The first-order valence-electron chi connectivity index (χ1n) is 13.7. The van der Waals surface area contributed by atoms with E-state index in [0.717, 1.165) is 24.5 Å². The van der Waals surface area contributed by atoms with Crippen molar-refractivity contribution in [3.05, 3.63) is 71.8 Å². The number of sulfone groups is 1. The number of piperidine rings is 1. The summed E-state index contributed by atoms with van der Waals surface area (Å²) >= 11 is 0. The molecular weight excluding hydrogens is 599 g/mol. The number of amides is 1. The van der Waals surface area contributed by atoms with Crippen molar-refractivity contribution in [3.8, 4) is 17.1 Å². The van der Waals surface area contributed by atoms with Crippen molar-refractivity contribution in [1.82, 2.24) is 20.3 Å². The molecule has 1 aliphatic rings. The van der Waals surface area contributed by atoms with E-state index in [4.69, 9.17) is 0 Å². The Kier molecular flexibility index (Phi) is 8.75. The Morgan fingerprint density at radius 1 is 1.07 bits per heavy atom. The number of carbonyl (C=O) groups is 1. The molecule has 232 valence electrons. The molecule has 0 saturated carbocycles. The van der Waals surface area contributed by atoms with Crippen LogP contribution in [0.1, 0.15) is 29.9 Å². The molecule has 3 aromatic heterocycles. The summed E-state index contributed by atoms with van der Waals surface area (Å²) in [7, 11) is -3.82. The van der Waals surface area contributed by atoms with Gasteiger partial charge in [-0.25, -0.2) is 22.8 Å². The van der Waals surface area contributed by atoms with Gasteiger partial charge in [-0.3, -0.25) is 9.78 Å². The van der Waals surface area contributed by atoms with Crippen molar-refractivity contribution in [2.24, 2.45) is 11.8 Å². The van der Waals surface area contributed by atoms with Crippen molar-refractivity contribution in [3.63, 3.8) is 0 Å². The first-order valence-corrected chi connectivity index (χ1v) is 15.6. The molecule has 1 aliphatic heterocycles. The van der Waals surface area contributed by atoms with Gasteiger partial charge in [0.2, 0.25) is 0 Å². The maximum absolute atomic E-state index is 14.7. The number of hydrogen-bond acceptors (Lipinski definition) is 9. The van der Waals surface area contributed by atoms with Crippen LogP contribution in [0.15, 0.2) is 59.6 Å². The third-order valence-electron chi connectivity index (χ3n) is 7.40. The summed E-state index contributed by atoms with van der Waals surface area (Å²) in [4.78, 5) is 28.1. The second-order valence-electron chi connectivity index (χ2n) is 11.0. The van der Waals surface area contributed by atoms with Crippen LogP contribution in [0.5, 0.6) is 5.75 Å². The van der Waals surface area contributed by atoms with Crippen LogP contribution < -0.4 is 15.0 Å². The number of ether oxygens (including phenoxy) is 1. The normalized spacial score (nSPS) is 18.9. The van der Waals surface area contributed by atoms with Gasteiger partial charge in [0.1, 0.15) is 17.4 Å². The van der Waals surface area contributed by atoms with E-state index in [-0.39, 0.29) is 28.8 Å². The quantitative estimate of drug-likeness (QED) is 0.294. The van der Waals surface area contributed by atoms with Gasteiger partial charge in [-0.05, 0) is 48.2 Å². The van der Waals surface area contributed by atoms with Crippen LogP contribution in [-0.2, 0) is 16.4 Å². The van der Waals surface area contributed by atoms with Gasteiger partial charge in [-0.2, -0.15) is 8.78 Å². The summed E-state index contributed by atoms with van der Waals surface area (Å²) in [5.41, 5.74) is 1.46. The number of hydrogen-bond donors (Lipinski definition) is 2. The molecule has 0 spiro atoms. The van der Waals surface area contributed by atoms with E-state index < -0.39 is 40.0 Å². The van der Waals surface area contributed by atoms with Gasteiger partial charge in [0.05, 0.1) is 40.1 Å². The number of aromatic nitrogens is 3. The maximum Gasteiger partial charge on any atom is 0.387 e. The Labute approximate surface area is 251 Å². The Bertz CT molecular complexity index is 1810. The van der Waals surface area contributed by atoms with Crippen LogP contribution in [0.25, 0.3) is 22.3 Å². The molecule has 14 heteroatoms. The van der Waals surface area contributed by atoms with Gasteiger partial charge < -0.3 is 20.1 Å². The minimum Gasteiger partial charge on any atom is -0.435 e. The molecule has 4 aromatic rings. The Hall–Kier alpha value is -4.30. The van der Waals surface area contributed by atoms with Crippen molar-refractivity contribution in [2.75, 3.05) is 24.2 Å². The fraction of sp³-hybridized carbons (Fsp3) is 0.333. The molecule has 0 radical (unpaired) electrons. The molecule has 1 aromatic carbocycles. The van der Waals surface area contributed by atoms with Crippen LogP contribution in [-0.4, -0.2) is 66.4 Å². The molecule has 4 heterocycles. The van der Waals surface area contributed by atoms with Crippen molar-refractivity contribution >= 4 is 32.5 Å². The lowest BCUT2D eigenvalue weighted by atomic mass is 9.88. The molecule has 3 atom stereocenters. The van der Waals surface area contributed by atoms with E-state index in [2.05, 4.69) is 25.0 Å². The maximum atomic E-state index is 14.7. The summed E-state index contributed by atoms with van der Waals surface area (Å²) in [6, 6.07) is 10.8. The third-order valence-corrected chi connectivity index (χ3v) is 8.49. The molecular formula is C30H30F3N5O5S. The molecule has 1 fully saturated rings. The highest BCUT2D eigenvalue weighted by Gasteiger charge is 2.31. The summed E-state index contributed by atoms with van der Waals surface area (Å²) < 4.78 is 68.6. The van der Waals surface area contributed by atoms with Gasteiger partial charge >= 0.3 is 6.61 Å². The number of anilines is 1. The molecule has 1 amide bonds. The number of pyridine rings is 3. The second-order valence-corrected chi connectivity index (χ2v) is 13.0. The van der Waals surface area contributed by atoms with Gasteiger partial charge in [-0.1, -0.05) is 13.8 Å². The lowest BCUT2D eigenvalue weighted by Crippen LogP contribution is -2.47. The van der Waals surface area contributed by atoms with E-state index in [0.29, 0.717) is 46.9 Å². The number of fused-ring (bicyclic) bond motifs is 1. The molecule has 1 unspecified atom stereocenters. The molecule has 1 saturated heterocycles. The number of benzene rings is 1. The number of carbonyl (C=O) groups excluding carboxylic acids is 1. The largest absolute Gasteiger partial charge is 0.435 e. The molecule has 44 heavy (non-hydrogen) atoms. The fourth-order valence-corrected chi connectivity index (χ4v) is 5.84. The standard InChI is InChI=1S/C30H30F3N5O5S/c1-16-14-38(15-17(2)28(16)39)27-9-20(31)8-26(37-27)24-5-4-18-12-34-21(10-25(18)36-24)13-35-29(40)19-6-22(43-30(32)33)11-23(7-19)44(3,41)42/h4-12,16-17,28,30,39H,13-15H2,1-3H3,(H,35,40)/t16-,17+,28?. The number of rotatable bonds is 8. The second kappa shape index (κ2) is 12.4. The first-order chi connectivity index (χ1) is 20.8. The highest BCUT2D eigenvalue weighted by Crippen LogP contribution is 2.29. The van der Waals surface area contributed by atoms with E-state index in [1.54, 1.807) is 24.4 Å². The number of aliphatic hydroxyl groups is 1. The van der Waals surface area contributed by atoms with Crippen molar-refractivity contribution < 1.29 is 36.2 Å².